The molecular formula is C23H20F2N2O3S. The first kappa shape index (κ1) is 21.1. The number of anilines is 1. The summed E-state index contributed by atoms with van der Waals surface area (Å²) in [5.74, 6) is -3.45. The van der Waals surface area contributed by atoms with Gasteiger partial charge in [0.25, 0.3) is 5.91 Å². The summed E-state index contributed by atoms with van der Waals surface area (Å²) in [4.78, 5) is 31.7. The highest BCUT2D eigenvalue weighted by atomic mass is 32.1. The van der Waals surface area contributed by atoms with Crippen LogP contribution in [-0.2, 0) is 9.59 Å². The Morgan fingerprint density at radius 1 is 1.19 bits per heavy atom. The number of hydrogen-bond acceptors (Lipinski definition) is 5. The van der Waals surface area contributed by atoms with E-state index in [4.69, 9.17) is 0 Å². The van der Waals surface area contributed by atoms with Crippen molar-refractivity contribution in [3.8, 4) is 0 Å². The van der Waals surface area contributed by atoms with Crippen molar-refractivity contribution in [3.63, 3.8) is 0 Å². The Morgan fingerprint density at radius 3 is 2.55 bits per heavy atom. The number of thiazole rings is 1. The zero-order valence-corrected chi connectivity index (χ0v) is 18.2. The smallest absolute Gasteiger partial charge is 0.296 e. The number of aliphatic hydroxyl groups is 1. The zero-order valence-electron chi connectivity index (χ0n) is 17.4. The Bertz CT molecular complexity index is 1270. The lowest BCUT2D eigenvalue weighted by Gasteiger charge is -2.27. The summed E-state index contributed by atoms with van der Waals surface area (Å²) in [5, 5.41) is 10.8. The summed E-state index contributed by atoms with van der Waals surface area (Å²) >= 11 is 0.917. The molecule has 1 atom stereocenters. The van der Waals surface area contributed by atoms with Gasteiger partial charge in [0.1, 0.15) is 11.3 Å². The minimum absolute atomic E-state index is 0.0333. The van der Waals surface area contributed by atoms with E-state index in [2.05, 4.69) is 4.98 Å². The predicted octanol–water partition coefficient (Wildman–Crippen LogP) is 5.40. The molecule has 3 aromatic rings. The van der Waals surface area contributed by atoms with Crippen molar-refractivity contribution in [2.75, 3.05) is 4.90 Å². The molecule has 160 valence electrons. The second kappa shape index (κ2) is 7.23. The molecule has 1 N–H and O–H groups in total. The molecule has 8 heteroatoms. The molecule has 1 unspecified atom stereocenters. The molecule has 2 aromatic carbocycles. The van der Waals surface area contributed by atoms with Crippen molar-refractivity contribution in [2.24, 2.45) is 5.41 Å². The maximum atomic E-state index is 14.2. The molecule has 31 heavy (non-hydrogen) atoms. The van der Waals surface area contributed by atoms with Gasteiger partial charge in [0, 0.05) is 11.5 Å². The van der Waals surface area contributed by atoms with Crippen LogP contribution < -0.4 is 4.90 Å². The largest absolute Gasteiger partial charge is 0.503 e. The number of ketones is 1. The number of hydrogen-bond donors (Lipinski definition) is 1. The fourth-order valence-electron chi connectivity index (χ4n) is 3.64. The third-order valence-corrected chi connectivity index (χ3v) is 6.10. The lowest BCUT2D eigenvalue weighted by atomic mass is 9.82. The molecule has 1 aromatic heterocycles. The van der Waals surface area contributed by atoms with Crippen molar-refractivity contribution in [1.82, 2.24) is 4.98 Å². The number of benzene rings is 2. The van der Waals surface area contributed by atoms with E-state index in [-0.39, 0.29) is 26.7 Å². The second-order valence-corrected chi connectivity index (χ2v) is 9.57. The average molecular weight is 442 g/mol. The molecule has 1 aliphatic rings. The lowest BCUT2D eigenvalue weighted by Crippen LogP contribution is -2.32. The first-order valence-corrected chi connectivity index (χ1v) is 10.4. The van der Waals surface area contributed by atoms with Gasteiger partial charge in [-0.3, -0.25) is 14.5 Å². The minimum atomic E-state index is -0.937. The number of halogens is 2. The normalized spacial score (nSPS) is 17.2. The number of aliphatic hydroxyl groups excluding tert-OH is 1. The van der Waals surface area contributed by atoms with Crippen LogP contribution in [0.1, 0.15) is 37.9 Å². The van der Waals surface area contributed by atoms with Crippen molar-refractivity contribution < 1.29 is 23.5 Å². The van der Waals surface area contributed by atoms with Gasteiger partial charge in [-0.1, -0.05) is 61.9 Å². The molecule has 0 spiro atoms. The fourth-order valence-corrected chi connectivity index (χ4v) is 4.67. The highest BCUT2D eigenvalue weighted by Crippen LogP contribution is 2.45. The van der Waals surface area contributed by atoms with Crippen LogP contribution in [0.15, 0.2) is 47.7 Å². The number of aromatic nitrogens is 1. The van der Waals surface area contributed by atoms with Crippen LogP contribution in [0.3, 0.4) is 0 Å². The van der Waals surface area contributed by atoms with Crippen LogP contribution >= 0.6 is 11.3 Å². The highest BCUT2D eigenvalue weighted by Gasteiger charge is 2.47. The Kier molecular flexibility index (Phi) is 4.93. The zero-order chi connectivity index (χ0) is 22.7. The van der Waals surface area contributed by atoms with E-state index < -0.39 is 34.8 Å². The first-order valence-electron chi connectivity index (χ1n) is 9.62. The molecule has 0 saturated heterocycles. The van der Waals surface area contributed by atoms with Gasteiger partial charge in [-0.05, 0) is 18.6 Å². The third kappa shape index (κ3) is 3.50. The predicted molar refractivity (Wildman–Crippen MR) is 115 cm³/mol. The molecule has 2 heterocycles. The number of Topliss-reactive ketones (excluding diaryl/α,β-unsaturated/α-hetero) is 1. The number of nitrogens with zero attached hydrogens (tertiary/aromatic N) is 2. The van der Waals surface area contributed by atoms with Crippen LogP contribution in [0.25, 0.3) is 10.2 Å². The second-order valence-electron chi connectivity index (χ2n) is 8.56. The Hall–Kier alpha value is -3.13. The number of aryl methyl sites for hydroxylation is 1. The van der Waals surface area contributed by atoms with Crippen LogP contribution in [0.2, 0.25) is 0 Å². The topological polar surface area (TPSA) is 70.5 Å². The van der Waals surface area contributed by atoms with Gasteiger partial charge >= 0.3 is 0 Å². The van der Waals surface area contributed by atoms with Gasteiger partial charge in [0.05, 0.1) is 16.3 Å². The van der Waals surface area contributed by atoms with E-state index in [0.717, 1.165) is 29.0 Å². The van der Waals surface area contributed by atoms with Gasteiger partial charge in [0.15, 0.2) is 22.5 Å². The van der Waals surface area contributed by atoms with Crippen LogP contribution in [0.5, 0.6) is 0 Å². The van der Waals surface area contributed by atoms with E-state index >= 15 is 0 Å². The summed E-state index contributed by atoms with van der Waals surface area (Å²) in [6.45, 7) is 6.97. The Morgan fingerprint density at radius 2 is 1.90 bits per heavy atom. The van der Waals surface area contributed by atoms with E-state index in [9.17, 15) is 23.5 Å². The minimum Gasteiger partial charge on any atom is -0.503 e. The number of rotatable bonds is 3. The van der Waals surface area contributed by atoms with Gasteiger partial charge in [0.2, 0.25) is 0 Å². The molecule has 0 fully saturated rings. The van der Waals surface area contributed by atoms with Crippen LogP contribution in [0, 0.1) is 24.0 Å². The van der Waals surface area contributed by atoms with Gasteiger partial charge in [-0.25, -0.2) is 13.8 Å². The van der Waals surface area contributed by atoms with E-state index in [1.807, 2.05) is 19.1 Å². The van der Waals surface area contributed by atoms with Crippen molar-refractivity contribution in [2.45, 2.75) is 33.7 Å². The van der Waals surface area contributed by atoms with Crippen molar-refractivity contribution in [1.29, 1.82) is 0 Å². The lowest BCUT2D eigenvalue weighted by molar-refractivity contribution is -0.123. The number of carbonyl (C=O) groups is 2. The maximum absolute atomic E-state index is 14.2. The molecule has 0 aliphatic carbocycles. The third-order valence-electron chi connectivity index (χ3n) is 5.10. The van der Waals surface area contributed by atoms with Crippen LogP contribution in [0.4, 0.5) is 13.9 Å². The monoisotopic (exact) mass is 442 g/mol. The molecule has 0 radical (unpaired) electrons. The summed E-state index contributed by atoms with van der Waals surface area (Å²) in [7, 11) is 0. The molecule has 5 nitrogen and oxygen atoms in total. The highest BCUT2D eigenvalue weighted by molar-refractivity contribution is 7.22. The summed E-state index contributed by atoms with van der Waals surface area (Å²) in [6.07, 6.45) is 0. The number of amides is 1. The fraction of sp³-hybridized carbons (Fsp3) is 0.261. The van der Waals surface area contributed by atoms with Crippen molar-refractivity contribution >= 4 is 38.4 Å². The molecule has 4 rings (SSSR count). The number of carbonyl (C=O) groups excluding carboxylic acids is 2. The molecule has 1 amide bonds. The summed E-state index contributed by atoms with van der Waals surface area (Å²) in [6, 6.07) is 8.14. The molecule has 0 bridgehead atoms. The van der Waals surface area contributed by atoms with Crippen molar-refractivity contribution in [3.05, 3.63) is 70.5 Å². The van der Waals surface area contributed by atoms with E-state index in [1.165, 1.54) is 4.90 Å². The standard InChI is InChI=1S/C23H20F2N2O3S/c1-11-6-5-7-12(8-11)18-16(20(29)23(2,3)4)19(28)21(30)27(18)22-26-17-14(25)9-13(24)10-15(17)31-22/h5-10,18,28H,1-4H3. The van der Waals surface area contributed by atoms with E-state index in [0.29, 0.717) is 5.56 Å². The number of fused-ring (bicyclic) bond motifs is 1. The first-order chi connectivity index (χ1) is 14.5. The van der Waals surface area contributed by atoms with Crippen LogP contribution in [-0.4, -0.2) is 21.8 Å². The van der Waals surface area contributed by atoms with E-state index in [1.54, 1.807) is 32.9 Å². The molecule has 0 saturated carbocycles. The quantitative estimate of drug-likeness (QED) is 0.590. The Balaban J connectivity index is 1.94. The summed E-state index contributed by atoms with van der Waals surface area (Å²) < 4.78 is 28.1. The molecule has 1 aliphatic heterocycles. The van der Waals surface area contributed by atoms with Gasteiger partial charge in [-0.15, -0.1) is 0 Å². The average Bonchev–Trinajstić information content (AvgIpc) is 3.20. The SMILES string of the molecule is Cc1cccc(C2C(C(=O)C(C)(C)C)=C(O)C(=O)N2c2nc3c(F)cc(F)cc3s2)c1. The van der Waals surface area contributed by atoms with Gasteiger partial charge in [-0.2, -0.15) is 0 Å². The maximum Gasteiger partial charge on any atom is 0.296 e. The van der Waals surface area contributed by atoms with Gasteiger partial charge < -0.3 is 5.11 Å². The molecular weight excluding hydrogens is 422 g/mol. The summed E-state index contributed by atoms with van der Waals surface area (Å²) in [5.41, 5.74) is 0.540. The Labute approximate surface area is 181 Å².